The molecule has 0 spiro atoms. The number of carbonyl (C=O) groups excluding carboxylic acids is 1. The number of epoxide rings is 1. The van der Waals surface area contributed by atoms with Gasteiger partial charge in [-0.05, 0) is 5.56 Å². The third-order valence-corrected chi connectivity index (χ3v) is 5.97. The molecule has 1 aromatic carbocycles. The number of morpholine rings is 1. The lowest BCUT2D eigenvalue weighted by molar-refractivity contribution is -0.938. The Morgan fingerprint density at radius 3 is 2.43 bits per heavy atom. The number of rotatable bonds is 4. The molecule has 0 aromatic heterocycles. The first kappa shape index (κ1) is 15.1. The van der Waals surface area contributed by atoms with Crippen LogP contribution < -0.4 is 5.11 Å². The van der Waals surface area contributed by atoms with Crippen LogP contribution in [-0.4, -0.2) is 61.6 Å². The summed E-state index contributed by atoms with van der Waals surface area (Å²) in [6.45, 7) is -0.474. The molecular weight excluding hydrogens is 294 g/mol. The number of esters is 1. The number of ether oxygens (including phenoxy) is 2. The maximum atomic E-state index is 12.5. The van der Waals surface area contributed by atoms with E-state index in [1.165, 1.54) is 0 Å². The second-order valence-corrected chi connectivity index (χ2v) is 7.49. The highest BCUT2D eigenvalue weighted by atomic mass is 16.6. The van der Waals surface area contributed by atoms with E-state index in [1.807, 2.05) is 30.3 Å². The Balaban J connectivity index is 1.44. The molecule has 23 heavy (non-hydrogen) atoms. The van der Waals surface area contributed by atoms with Gasteiger partial charge in [0.15, 0.2) is 0 Å². The van der Waals surface area contributed by atoms with Gasteiger partial charge in [0.1, 0.15) is 30.4 Å². The van der Waals surface area contributed by atoms with Gasteiger partial charge < -0.3 is 19.1 Å². The van der Waals surface area contributed by atoms with Gasteiger partial charge in [-0.3, -0.25) is 4.79 Å². The summed E-state index contributed by atoms with van der Waals surface area (Å²) in [5.74, 6) is -1.08. The van der Waals surface area contributed by atoms with E-state index in [9.17, 15) is 9.90 Å². The molecule has 3 fully saturated rings. The Morgan fingerprint density at radius 1 is 1.26 bits per heavy atom. The van der Waals surface area contributed by atoms with Crippen molar-refractivity contribution in [3.05, 3.63) is 35.9 Å². The van der Waals surface area contributed by atoms with Gasteiger partial charge in [0.25, 0.3) is 0 Å². The highest BCUT2D eigenvalue weighted by Gasteiger charge is 2.70. The number of quaternary nitrogens is 1. The summed E-state index contributed by atoms with van der Waals surface area (Å²) >= 11 is 0. The van der Waals surface area contributed by atoms with E-state index in [1.54, 1.807) is 0 Å². The van der Waals surface area contributed by atoms with Crippen LogP contribution in [0.5, 0.6) is 0 Å². The lowest BCUT2D eigenvalue weighted by Crippen LogP contribution is -2.60. The third kappa shape index (κ3) is 2.38. The smallest absolute Gasteiger partial charge is 0.312 e. The monoisotopic (exact) mass is 317 g/mol. The van der Waals surface area contributed by atoms with Crippen LogP contribution in [0.3, 0.4) is 0 Å². The number of benzene rings is 1. The number of hydrogen-bond acceptors (Lipinski definition) is 4. The third-order valence-electron chi connectivity index (χ3n) is 5.97. The van der Waals surface area contributed by atoms with Crippen LogP contribution in [-0.2, 0) is 14.3 Å². The molecule has 6 atom stereocenters. The van der Waals surface area contributed by atoms with Crippen molar-refractivity contribution in [2.45, 2.75) is 49.2 Å². The number of carbonyl (C=O) groups is 1. The van der Waals surface area contributed by atoms with Crippen LogP contribution in [0.15, 0.2) is 30.3 Å². The molecule has 0 aliphatic carbocycles. The highest BCUT2D eigenvalue weighted by molar-refractivity contribution is 5.78. The van der Waals surface area contributed by atoms with E-state index in [2.05, 4.69) is 14.1 Å². The molecule has 0 saturated carbocycles. The number of piperidine rings is 1. The van der Waals surface area contributed by atoms with Crippen LogP contribution in [0.2, 0.25) is 0 Å². The van der Waals surface area contributed by atoms with Gasteiger partial charge in [0, 0.05) is 12.8 Å². The number of fused-ring (bicyclic) bond motifs is 5. The van der Waals surface area contributed by atoms with Crippen molar-refractivity contribution in [3.63, 3.8) is 0 Å². The van der Waals surface area contributed by atoms with Crippen molar-refractivity contribution in [2.75, 3.05) is 20.7 Å². The van der Waals surface area contributed by atoms with E-state index < -0.39 is 12.5 Å². The Hall–Kier alpha value is -1.43. The molecule has 3 aliphatic rings. The fourth-order valence-electron chi connectivity index (χ4n) is 4.53. The van der Waals surface area contributed by atoms with E-state index >= 15 is 0 Å². The zero-order valence-corrected chi connectivity index (χ0v) is 13.6. The van der Waals surface area contributed by atoms with Crippen LogP contribution in [0.25, 0.3) is 0 Å². The van der Waals surface area contributed by atoms with E-state index in [-0.39, 0.29) is 12.1 Å². The second-order valence-electron chi connectivity index (χ2n) is 7.49. The average Bonchev–Trinajstić information content (AvgIpc) is 3.27. The minimum absolute atomic E-state index is 0.0854. The highest BCUT2D eigenvalue weighted by Crippen LogP contribution is 2.51. The summed E-state index contributed by atoms with van der Waals surface area (Å²) in [4.78, 5) is 12.5. The predicted molar refractivity (Wildman–Crippen MR) is 81.5 cm³/mol. The molecule has 0 amide bonds. The van der Waals surface area contributed by atoms with Gasteiger partial charge >= 0.3 is 5.97 Å². The van der Waals surface area contributed by atoms with Crippen molar-refractivity contribution < 1.29 is 23.9 Å². The van der Waals surface area contributed by atoms with E-state index in [0.717, 1.165) is 22.9 Å². The molecule has 2 bridgehead atoms. The van der Waals surface area contributed by atoms with Crippen LogP contribution in [0.4, 0.5) is 0 Å². The van der Waals surface area contributed by atoms with Crippen molar-refractivity contribution in [1.29, 1.82) is 0 Å². The summed E-state index contributed by atoms with van der Waals surface area (Å²) in [5, 5.41) is 11.5. The van der Waals surface area contributed by atoms with Gasteiger partial charge in [0.2, 0.25) is 0 Å². The summed E-state index contributed by atoms with van der Waals surface area (Å²) in [5.41, 5.74) is 0.744. The molecule has 1 aromatic rings. The minimum Gasteiger partial charge on any atom is -0.854 e. The van der Waals surface area contributed by atoms with Gasteiger partial charge in [0.05, 0.1) is 20.0 Å². The Morgan fingerprint density at radius 2 is 1.87 bits per heavy atom. The normalized spacial score (nSPS) is 37.8. The standard InChI is InChI=1S/C18H23NO4/c1-19(2)14-8-12(9-15(19)17-16(14)23-17)22-18(21)13(10-20)11-6-4-3-5-7-11/h3-7,12-17H,8-10H2,1-2H3/t12?,13-,14-,15+,16-,17+/m1/s1. The fraction of sp³-hybridized carbons (Fsp3) is 0.611. The number of hydrogen-bond donors (Lipinski definition) is 0. The largest absolute Gasteiger partial charge is 0.854 e. The first-order chi connectivity index (χ1) is 11.0. The summed E-state index contributed by atoms with van der Waals surface area (Å²) < 4.78 is 12.4. The van der Waals surface area contributed by atoms with Crippen molar-refractivity contribution in [3.8, 4) is 0 Å². The molecule has 3 aliphatic heterocycles. The van der Waals surface area contributed by atoms with Crippen molar-refractivity contribution in [2.24, 2.45) is 0 Å². The lowest BCUT2D eigenvalue weighted by atomic mass is 9.95. The first-order valence-corrected chi connectivity index (χ1v) is 8.34. The average molecular weight is 317 g/mol. The molecule has 0 N–H and O–H groups in total. The summed E-state index contributed by atoms with van der Waals surface area (Å²) in [6, 6.07) is 10.0. The molecule has 5 nitrogen and oxygen atoms in total. The van der Waals surface area contributed by atoms with Gasteiger partial charge in [-0.15, -0.1) is 6.61 Å². The molecule has 3 heterocycles. The number of likely N-dealkylation sites (N-methyl/N-ethyl adjacent to an activating group) is 1. The molecule has 3 saturated heterocycles. The molecule has 5 heteroatoms. The van der Waals surface area contributed by atoms with Crippen LogP contribution in [0.1, 0.15) is 24.3 Å². The Kier molecular flexibility index (Phi) is 3.48. The topological polar surface area (TPSA) is 61.9 Å². The second kappa shape index (κ2) is 5.30. The van der Waals surface area contributed by atoms with Gasteiger partial charge in [-0.2, -0.15) is 0 Å². The minimum atomic E-state index is -0.705. The van der Waals surface area contributed by atoms with Gasteiger partial charge in [-0.25, -0.2) is 0 Å². The van der Waals surface area contributed by atoms with E-state index in [4.69, 9.17) is 9.47 Å². The summed E-state index contributed by atoms with van der Waals surface area (Å²) in [6.07, 6.45) is 2.25. The predicted octanol–water partition coefficient (Wildman–Crippen LogP) is 0.431. The maximum Gasteiger partial charge on any atom is 0.312 e. The fourth-order valence-corrected chi connectivity index (χ4v) is 4.53. The molecule has 4 rings (SSSR count). The van der Waals surface area contributed by atoms with Crippen molar-refractivity contribution in [1.82, 2.24) is 0 Å². The quantitative estimate of drug-likeness (QED) is 0.459. The summed E-state index contributed by atoms with van der Waals surface area (Å²) in [7, 11) is 4.49. The Bertz CT molecular complexity index is 582. The van der Waals surface area contributed by atoms with Gasteiger partial charge in [-0.1, -0.05) is 30.3 Å². The Labute approximate surface area is 136 Å². The van der Waals surface area contributed by atoms with Crippen LogP contribution >= 0.6 is 0 Å². The molecule has 1 unspecified atom stereocenters. The molecule has 124 valence electrons. The van der Waals surface area contributed by atoms with Crippen LogP contribution in [0, 0.1) is 0 Å². The molecule has 0 radical (unpaired) electrons. The lowest BCUT2D eigenvalue weighted by Gasteiger charge is -2.45. The van der Waals surface area contributed by atoms with E-state index in [0.29, 0.717) is 24.3 Å². The maximum absolute atomic E-state index is 12.5. The zero-order valence-electron chi connectivity index (χ0n) is 13.6. The zero-order chi connectivity index (χ0) is 16.2. The molecular formula is C18H23NO4. The first-order valence-electron chi connectivity index (χ1n) is 8.34. The SMILES string of the molecule is C[N+]1(C)[C@@H]2CC(OC(=O)[C@H](C[O-])c3ccccc3)C[C@H]1[C@@H]1O[C@@H]12. The number of nitrogens with zero attached hydrogens (tertiary/aromatic N) is 1. The van der Waals surface area contributed by atoms with Crippen molar-refractivity contribution >= 4 is 5.97 Å².